The number of rotatable bonds is 3. The van der Waals surface area contributed by atoms with Crippen LogP contribution in [0.25, 0.3) is 0 Å². The van der Waals surface area contributed by atoms with Gasteiger partial charge in [0, 0.05) is 12.7 Å². The fourth-order valence-corrected chi connectivity index (χ4v) is 3.21. The van der Waals surface area contributed by atoms with Gasteiger partial charge in [-0.1, -0.05) is 0 Å². The molecule has 1 aliphatic heterocycles. The first-order valence-electron chi connectivity index (χ1n) is 7.39. The van der Waals surface area contributed by atoms with Gasteiger partial charge in [-0.2, -0.15) is 0 Å². The summed E-state index contributed by atoms with van der Waals surface area (Å²) in [6.45, 7) is -0.0767. The number of nitrogens with one attached hydrogen (secondary N) is 2. The molecule has 0 spiro atoms. The van der Waals surface area contributed by atoms with Gasteiger partial charge in [-0.05, 0) is 42.5 Å². The van der Waals surface area contributed by atoms with Gasteiger partial charge < -0.3 is 15.0 Å². The van der Waals surface area contributed by atoms with Crippen molar-refractivity contribution in [3.05, 3.63) is 48.3 Å². The van der Waals surface area contributed by atoms with Gasteiger partial charge in [0.15, 0.2) is 6.61 Å². The molecule has 3 amide bonds. The lowest BCUT2D eigenvalue weighted by atomic mass is 10.2. The largest absolute Gasteiger partial charge is 0.482 e. The van der Waals surface area contributed by atoms with Gasteiger partial charge in [0.1, 0.15) is 11.6 Å². The molecule has 3 rings (SSSR count). The van der Waals surface area contributed by atoms with Crippen LogP contribution in [-0.2, 0) is 14.8 Å². The Morgan fingerprint density at radius 3 is 2.58 bits per heavy atom. The van der Waals surface area contributed by atoms with E-state index in [2.05, 4.69) is 5.32 Å². The Balaban J connectivity index is 1.74. The number of fused-ring (bicyclic) bond motifs is 1. The molecule has 2 aromatic carbocycles. The average Bonchev–Trinajstić information content (AvgIpc) is 2.58. The molecule has 8 nitrogen and oxygen atoms in total. The molecule has 0 aliphatic carbocycles. The summed E-state index contributed by atoms with van der Waals surface area (Å²) < 4.78 is 44.2. The monoisotopic (exact) mass is 379 g/mol. The van der Waals surface area contributed by atoms with E-state index in [9.17, 15) is 22.4 Å². The molecule has 1 heterocycles. The average molecular weight is 379 g/mol. The first-order chi connectivity index (χ1) is 12.3. The molecule has 0 saturated carbocycles. The second-order valence-electron chi connectivity index (χ2n) is 5.44. The maximum absolute atomic E-state index is 12.9. The fourth-order valence-electron chi connectivity index (χ4n) is 2.30. The van der Waals surface area contributed by atoms with E-state index in [1.165, 1.54) is 17.0 Å². The molecule has 0 unspecified atom stereocenters. The maximum atomic E-state index is 12.9. The molecule has 10 heteroatoms. The van der Waals surface area contributed by atoms with Crippen LogP contribution in [0.15, 0.2) is 47.4 Å². The van der Waals surface area contributed by atoms with Crippen molar-refractivity contribution in [3.63, 3.8) is 0 Å². The summed E-state index contributed by atoms with van der Waals surface area (Å²) in [7, 11) is -2.59. The van der Waals surface area contributed by atoms with Crippen molar-refractivity contribution in [1.82, 2.24) is 4.72 Å². The summed E-state index contributed by atoms with van der Waals surface area (Å²) in [4.78, 5) is 24.8. The van der Waals surface area contributed by atoms with Crippen molar-refractivity contribution >= 4 is 33.3 Å². The van der Waals surface area contributed by atoms with Crippen LogP contribution in [0.4, 0.5) is 20.6 Å². The Morgan fingerprint density at radius 2 is 1.88 bits per heavy atom. The van der Waals surface area contributed by atoms with Gasteiger partial charge in [-0.15, -0.1) is 0 Å². The van der Waals surface area contributed by atoms with Crippen LogP contribution < -0.4 is 19.7 Å². The third kappa shape index (κ3) is 3.59. The number of nitrogens with zero attached hydrogens (tertiary/aromatic N) is 1. The summed E-state index contributed by atoms with van der Waals surface area (Å²) in [6.07, 6.45) is 0. The van der Waals surface area contributed by atoms with Crippen LogP contribution in [0.3, 0.4) is 0 Å². The van der Waals surface area contributed by atoms with E-state index < -0.39 is 21.9 Å². The summed E-state index contributed by atoms with van der Waals surface area (Å²) in [5.74, 6) is -0.377. The lowest BCUT2D eigenvalue weighted by molar-refractivity contribution is -0.120. The number of ether oxygens (including phenoxy) is 1. The number of halogens is 1. The number of carbonyl (C=O) groups is 2. The summed E-state index contributed by atoms with van der Waals surface area (Å²) in [5.41, 5.74) is 0.709. The van der Waals surface area contributed by atoms with E-state index >= 15 is 0 Å². The van der Waals surface area contributed by atoms with Crippen molar-refractivity contribution in [2.24, 2.45) is 0 Å². The quantitative estimate of drug-likeness (QED) is 0.844. The third-order valence-electron chi connectivity index (χ3n) is 3.65. The lowest BCUT2D eigenvalue weighted by Gasteiger charge is -2.26. The maximum Gasteiger partial charge on any atom is 0.333 e. The number of urea groups is 1. The number of hydrogen-bond acceptors (Lipinski definition) is 5. The van der Waals surface area contributed by atoms with Crippen molar-refractivity contribution in [3.8, 4) is 5.75 Å². The first-order valence-corrected chi connectivity index (χ1v) is 8.87. The molecule has 1 aliphatic rings. The Labute approximate surface area is 148 Å². The van der Waals surface area contributed by atoms with Crippen LogP contribution in [0.1, 0.15) is 0 Å². The summed E-state index contributed by atoms with van der Waals surface area (Å²) in [5, 5.41) is 2.37. The molecule has 0 saturated heterocycles. The zero-order valence-electron chi connectivity index (χ0n) is 13.5. The molecular formula is C16H14FN3O5S. The van der Waals surface area contributed by atoms with E-state index in [-0.39, 0.29) is 23.1 Å². The molecule has 2 N–H and O–H groups in total. The SMILES string of the molecule is CN1C(=O)COc2ccc(NC(=O)NS(=O)(=O)c3ccc(F)cc3)cc21. The number of carbonyl (C=O) groups excluding carboxylic acids is 2. The Morgan fingerprint density at radius 1 is 1.19 bits per heavy atom. The Bertz CT molecular complexity index is 976. The van der Waals surface area contributed by atoms with Gasteiger partial charge in [0.25, 0.3) is 15.9 Å². The van der Waals surface area contributed by atoms with Crippen molar-refractivity contribution in [2.45, 2.75) is 4.90 Å². The van der Waals surface area contributed by atoms with E-state index in [1.54, 1.807) is 13.1 Å². The van der Waals surface area contributed by atoms with Crippen LogP contribution in [0.2, 0.25) is 0 Å². The number of anilines is 2. The zero-order valence-corrected chi connectivity index (χ0v) is 14.3. The van der Waals surface area contributed by atoms with Crippen molar-refractivity contribution < 1.29 is 27.1 Å². The predicted octanol–water partition coefficient (Wildman–Crippen LogP) is 1.69. The molecule has 136 valence electrons. The minimum Gasteiger partial charge on any atom is -0.482 e. The van der Waals surface area contributed by atoms with Gasteiger partial charge >= 0.3 is 6.03 Å². The lowest BCUT2D eigenvalue weighted by Crippen LogP contribution is -2.36. The fraction of sp³-hybridized carbons (Fsp3) is 0.125. The first kappa shape index (κ1) is 17.7. The van der Waals surface area contributed by atoms with E-state index in [0.717, 1.165) is 24.3 Å². The minimum absolute atomic E-state index is 0.0767. The number of likely N-dealkylation sites (N-methyl/N-ethyl adjacent to an activating group) is 1. The standard InChI is InChI=1S/C16H14FN3O5S/c1-20-13-8-11(4-7-14(13)25-9-15(20)21)18-16(22)19-26(23,24)12-5-2-10(17)3-6-12/h2-8H,9H2,1H3,(H2,18,19,22). The van der Waals surface area contributed by atoms with Gasteiger partial charge in [0.05, 0.1) is 10.6 Å². The predicted molar refractivity (Wildman–Crippen MR) is 91.1 cm³/mol. The normalized spacial score (nSPS) is 13.6. The van der Waals surface area contributed by atoms with E-state index in [0.29, 0.717) is 11.4 Å². The molecule has 0 bridgehead atoms. The number of benzene rings is 2. The topological polar surface area (TPSA) is 105 Å². The van der Waals surface area contributed by atoms with E-state index in [1.807, 2.05) is 4.72 Å². The summed E-state index contributed by atoms with van der Waals surface area (Å²) >= 11 is 0. The van der Waals surface area contributed by atoms with Crippen LogP contribution in [0, 0.1) is 5.82 Å². The zero-order chi connectivity index (χ0) is 18.9. The number of amides is 3. The smallest absolute Gasteiger partial charge is 0.333 e. The van der Waals surface area contributed by atoms with Crippen LogP contribution in [-0.4, -0.2) is 34.0 Å². The van der Waals surface area contributed by atoms with Crippen LogP contribution >= 0.6 is 0 Å². The highest BCUT2D eigenvalue weighted by atomic mass is 32.2. The Kier molecular flexibility index (Phi) is 4.51. The van der Waals surface area contributed by atoms with E-state index in [4.69, 9.17) is 4.74 Å². The highest BCUT2D eigenvalue weighted by Crippen LogP contribution is 2.33. The third-order valence-corrected chi connectivity index (χ3v) is 5.00. The van der Waals surface area contributed by atoms with Crippen molar-refractivity contribution in [1.29, 1.82) is 0 Å². The number of hydrogen-bond donors (Lipinski definition) is 2. The highest BCUT2D eigenvalue weighted by molar-refractivity contribution is 7.90. The minimum atomic E-state index is -4.15. The molecule has 0 fully saturated rings. The second kappa shape index (κ2) is 6.64. The van der Waals surface area contributed by atoms with Gasteiger partial charge in [-0.25, -0.2) is 22.3 Å². The summed E-state index contributed by atoms with van der Waals surface area (Å²) in [6, 6.07) is 7.58. The Hall–Kier alpha value is -3.14. The van der Waals surface area contributed by atoms with Crippen molar-refractivity contribution in [2.75, 3.05) is 23.9 Å². The molecule has 2 aromatic rings. The van der Waals surface area contributed by atoms with Gasteiger partial charge in [0.2, 0.25) is 0 Å². The molecular weight excluding hydrogens is 365 g/mol. The highest BCUT2D eigenvalue weighted by Gasteiger charge is 2.23. The molecule has 26 heavy (non-hydrogen) atoms. The second-order valence-corrected chi connectivity index (χ2v) is 7.12. The van der Waals surface area contributed by atoms with Crippen LogP contribution in [0.5, 0.6) is 5.75 Å². The molecule has 0 atom stereocenters. The molecule has 0 radical (unpaired) electrons. The van der Waals surface area contributed by atoms with Gasteiger partial charge in [-0.3, -0.25) is 4.79 Å². The number of sulfonamides is 1. The molecule has 0 aromatic heterocycles.